The van der Waals surface area contributed by atoms with Crippen molar-refractivity contribution in [3.05, 3.63) is 52.9 Å². The lowest BCUT2D eigenvalue weighted by Crippen LogP contribution is -2.34. The van der Waals surface area contributed by atoms with Crippen molar-refractivity contribution in [1.29, 1.82) is 0 Å². The molecule has 0 aliphatic heterocycles. The van der Waals surface area contributed by atoms with Crippen LogP contribution in [0.15, 0.2) is 46.1 Å². The minimum Gasteiger partial charge on any atom is -0.475 e. The summed E-state index contributed by atoms with van der Waals surface area (Å²) in [5.41, 5.74) is -0.427. The van der Waals surface area contributed by atoms with Crippen LogP contribution in [-0.2, 0) is 16.2 Å². The van der Waals surface area contributed by atoms with Crippen molar-refractivity contribution in [2.24, 2.45) is 0 Å². The first kappa shape index (κ1) is 30.5. The highest BCUT2D eigenvalue weighted by atomic mass is 28.3. The molecule has 1 amide bonds. The van der Waals surface area contributed by atoms with Crippen LogP contribution >= 0.6 is 0 Å². The Hall–Kier alpha value is -4.50. The van der Waals surface area contributed by atoms with Crippen LogP contribution in [0.5, 0.6) is 0 Å². The number of amides is 1. The molecular weight excluding hydrogens is 562 g/mol. The summed E-state index contributed by atoms with van der Waals surface area (Å²) in [6.45, 7) is 12.9. The average molecular weight is 598 g/mol. The highest BCUT2D eigenvalue weighted by Gasteiger charge is 2.27. The van der Waals surface area contributed by atoms with Gasteiger partial charge in [0, 0.05) is 34.0 Å². The number of fused-ring (bicyclic) bond motifs is 1. The number of aromatic carboxylic acids is 1. The first-order valence-corrected chi connectivity index (χ1v) is 16.9. The summed E-state index contributed by atoms with van der Waals surface area (Å²) < 4.78 is 19.2. The molecule has 4 aromatic rings. The summed E-state index contributed by atoms with van der Waals surface area (Å²) in [5.74, 6) is -1.83. The molecule has 0 spiro atoms. The van der Waals surface area contributed by atoms with Gasteiger partial charge in [0.25, 0.3) is 11.3 Å². The maximum absolute atomic E-state index is 13.4. The fourth-order valence-corrected chi connectivity index (χ4v) is 4.57. The van der Waals surface area contributed by atoms with E-state index in [0.717, 1.165) is 10.9 Å². The number of carbonyl (C=O) groups is 2. The number of ether oxygens (including phenoxy) is 2. The van der Waals surface area contributed by atoms with Crippen molar-refractivity contribution in [2.75, 3.05) is 23.9 Å². The Labute approximate surface area is 242 Å². The van der Waals surface area contributed by atoms with E-state index in [0.29, 0.717) is 12.3 Å². The summed E-state index contributed by atoms with van der Waals surface area (Å²) in [6.07, 6.45) is 4.15. The number of carbonyl (C=O) groups excluding carboxylic acids is 1. The molecule has 2 N–H and O–H groups in total. The van der Waals surface area contributed by atoms with Gasteiger partial charge in [-0.3, -0.25) is 14.3 Å². The predicted molar refractivity (Wildman–Crippen MR) is 159 cm³/mol. The maximum Gasteiger partial charge on any atom is 0.414 e. The van der Waals surface area contributed by atoms with Crippen LogP contribution in [0.1, 0.15) is 31.3 Å². The van der Waals surface area contributed by atoms with E-state index < -0.39 is 37.1 Å². The second kappa shape index (κ2) is 11.8. The summed E-state index contributed by atoms with van der Waals surface area (Å²) >= 11 is 0. The number of aromatic nitrogens is 5. The lowest BCUT2D eigenvalue weighted by atomic mass is 10.2. The van der Waals surface area contributed by atoms with Gasteiger partial charge in [0.15, 0.2) is 5.52 Å². The topological polar surface area (TPSA) is 167 Å². The van der Waals surface area contributed by atoms with E-state index in [1.54, 1.807) is 56.2 Å². The molecule has 0 saturated carbocycles. The van der Waals surface area contributed by atoms with Crippen molar-refractivity contribution in [3.63, 3.8) is 0 Å². The van der Waals surface area contributed by atoms with E-state index in [2.05, 4.69) is 40.2 Å². The third-order valence-corrected chi connectivity index (χ3v) is 7.67. The Morgan fingerprint density at radius 3 is 2.62 bits per heavy atom. The number of carboxylic acid groups (broad SMARTS) is 1. The van der Waals surface area contributed by atoms with Crippen molar-refractivity contribution < 1.29 is 28.7 Å². The smallest absolute Gasteiger partial charge is 0.414 e. The fraction of sp³-hybridized carbons (Fsp3) is 0.407. The summed E-state index contributed by atoms with van der Waals surface area (Å²) in [6, 6.07) is 5.71. The number of pyridine rings is 2. The molecule has 4 heterocycles. The molecule has 0 unspecified atom stereocenters. The van der Waals surface area contributed by atoms with E-state index in [1.165, 1.54) is 17.7 Å². The van der Waals surface area contributed by atoms with E-state index in [1.807, 2.05) is 0 Å². The second-order valence-electron chi connectivity index (χ2n) is 11.9. The van der Waals surface area contributed by atoms with Crippen molar-refractivity contribution in [2.45, 2.75) is 58.8 Å². The lowest BCUT2D eigenvalue weighted by Gasteiger charge is -2.25. The first-order valence-electron chi connectivity index (χ1n) is 13.2. The molecule has 0 bridgehead atoms. The molecule has 224 valence electrons. The van der Waals surface area contributed by atoms with Gasteiger partial charge >= 0.3 is 12.1 Å². The van der Waals surface area contributed by atoms with Gasteiger partial charge in [-0.1, -0.05) is 24.8 Å². The molecule has 14 nitrogen and oxygen atoms in total. The maximum atomic E-state index is 13.4. The number of nitrogens with one attached hydrogen (secondary N) is 1. The van der Waals surface area contributed by atoms with Crippen molar-refractivity contribution in [3.8, 4) is 5.69 Å². The summed E-state index contributed by atoms with van der Waals surface area (Å²) in [7, 11) is 0.238. The normalized spacial score (nSPS) is 12.0. The summed E-state index contributed by atoms with van der Waals surface area (Å²) in [5, 5.41) is 20.6. The number of anilines is 3. The average Bonchev–Trinajstić information content (AvgIpc) is 3.53. The molecule has 0 atom stereocenters. The Balaban J connectivity index is 1.63. The molecule has 0 aliphatic carbocycles. The molecule has 0 aliphatic rings. The second-order valence-corrected chi connectivity index (χ2v) is 17.5. The van der Waals surface area contributed by atoms with Crippen LogP contribution in [0.2, 0.25) is 25.7 Å². The molecule has 4 rings (SSSR count). The summed E-state index contributed by atoms with van der Waals surface area (Å²) in [4.78, 5) is 43.5. The molecule has 15 heteroatoms. The quantitative estimate of drug-likeness (QED) is 0.192. The largest absolute Gasteiger partial charge is 0.475 e. The third kappa shape index (κ3) is 7.22. The van der Waals surface area contributed by atoms with Crippen LogP contribution in [0.4, 0.5) is 22.0 Å². The molecule has 42 heavy (non-hydrogen) atoms. The van der Waals surface area contributed by atoms with Crippen LogP contribution in [-0.4, -0.2) is 69.0 Å². The number of hydrogen-bond donors (Lipinski definition) is 2. The minimum absolute atomic E-state index is 0.0382. The Bertz CT molecular complexity index is 1660. The van der Waals surface area contributed by atoms with Gasteiger partial charge in [-0.15, -0.1) is 0 Å². The zero-order chi connectivity index (χ0) is 30.8. The van der Waals surface area contributed by atoms with E-state index in [9.17, 15) is 19.5 Å². The van der Waals surface area contributed by atoms with Crippen LogP contribution in [0, 0.1) is 0 Å². The van der Waals surface area contributed by atoms with Gasteiger partial charge in [0.2, 0.25) is 0 Å². The van der Waals surface area contributed by atoms with E-state index in [-0.39, 0.29) is 35.0 Å². The molecule has 0 fully saturated rings. The Morgan fingerprint density at radius 1 is 1.21 bits per heavy atom. The first-order chi connectivity index (χ1) is 19.6. The molecular formula is C27H35N7O7Si. The van der Waals surface area contributed by atoms with E-state index in [4.69, 9.17) is 14.0 Å². The zero-order valence-corrected chi connectivity index (χ0v) is 25.7. The van der Waals surface area contributed by atoms with Gasteiger partial charge in [0.1, 0.15) is 29.4 Å². The number of rotatable bonds is 10. The monoisotopic (exact) mass is 597 g/mol. The lowest BCUT2D eigenvalue weighted by molar-refractivity contribution is 0.0587. The highest BCUT2D eigenvalue weighted by molar-refractivity contribution is 6.76. The molecule has 0 radical (unpaired) electrons. The van der Waals surface area contributed by atoms with Gasteiger partial charge in [-0.2, -0.15) is 5.10 Å². The van der Waals surface area contributed by atoms with Crippen LogP contribution in [0.3, 0.4) is 0 Å². The number of hydrogen-bond acceptors (Lipinski definition) is 10. The van der Waals surface area contributed by atoms with Crippen LogP contribution < -0.4 is 15.8 Å². The van der Waals surface area contributed by atoms with Gasteiger partial charge < -0.3 is 24.4 Å². The van der Waals surface area contributed by atoms with Gasteiger partial charge in [-0.05, 0) is 38.9 Å². The standard InChI is InChI=1S/C27H35N7O7Si/c1-27(2,3)40-26(38)32(4)19-13-20(30-22-21(19)31-41-23(22)25(36)37)29-18-9-8-10-34(24(18)35)17-14-28-33(15-17)16-39-11-12-42(5,6)7/h8-10,13-15H,11-12,16H2,1-7H3,(H,29,30)(H,36,37). The van der Waals surface area contributed by atoms with E-state index >= 15 is 0 Å². The predicted octanol–water partition coefficient (Wildman–Crippen LogP) is 4.70. The molecule has 0 saturated heterocycles. The van der Waals surface area contributed by atoms with Gasteiger partial charge in [0.05, 0.1) is 23.8 Å². The fourth-order valence-electron chi connectivity index (χ4n) is 3.81. The van der Waals surface area contributed by atoms with Gasteiger partial charge in [-0.25, -0.2) is 19.3 Å². The SMILES string of the molecule is CN(C(=O)OC(C)(C)C)c1cc(Nc2cccn(-c3cnn(COCC[Si](C)(C)C)c3)c2=O)nc2c(C(=O)O)onc12. The van der Waals surface area contributed by atoms with Crippen molar-refractivity contribution in [1.82, 2.24) is 24.5 Å². The zero-order valence-electron chi connectivity index (χ0n) is 24.7. The Morgan fingerprint density at radius 2 is 1.95 bits per heavy atom. The number of nitrogens with zero attached hydrogens (tertiary/aromatic N) is 6. The highest BCUT2D eigenvalue weighted by Crippen LogP contribution is 2.31. The van der Waals surface area contributed by atoms with Crippen LogP contribution in [0.25, 0.3) is 16.7 Å². The molecule has 0 aromatic carbocycles. The Kier molecular flexibility index (Phi) is 8.54. The minimum atomic E-state index is -1.39. The molecule has 4 aromatic heterocycles. The third-order valence-electron chi connectivity index (χ3n) is 5.97. The van der Waals surface area contributed by atoms with Crippen molar-refractivity contribution >= 4 is 48.4 Å². The number of carboxylic acids is 1.